The number of carbonyl (C=O) groups excluding carboxylic acids is 1. The largest absolute Gasteiger partial charge is 2.00 e. The standard InChI is InChI=1S/C34H8F12N9O.Zn/c1-5(56)47-6-2-3-7-8(4-6)28-48-27(7)49-29-9-11(17(37)23(43)21(41)15(9)35)31(51-29)53-33-13-14(20(40)26(46)25(45)19(13)39)34(55-33)54-32-12-10(30(50-28)52-32)16(36)22(42)24(44)18(12)38;/h2-4H,1H3,(H2-,47,48,49,50,51,52,53,54,55,56);/q-1;+2/p-1. The molecule has 0 saturated carbocycles. The van der Waals surface area contributed by atoms with Crippen molar-refractivity contribution in [2.45, 2.75) is 6.92 Å². The monoisotopic (exact) mass is 849 g/mol. The zero-order chi connectivity index (χ0) is 39.8. The van der Waals surface area contributed by atoms with E-state index in [2.05, 4.69) is 45.2 Å². The van der Waals surface area contributed by atoms with Gasteiger partial charge in [-0.15, -0.1) is 0 Å². The Morgan fingerprint density at radius 3 is 1.18 bits per heavy atom. The molecule has 2 aliphatic heterocycles. The van der Waals surface area contributed by atoms with E-state index in [-0.39, 0.29) is 35.9 Å². The van der Waals surface area contributed by atoms with Gasteiger partial charge in [-0.25, -0.2) is 62.7 Å². The summed E-state index contributed by atoms with van der Waals surface area (Å²) in [6.07, 6.45) is 0. The van der Waals surface area contributed by atoms with E-state index in [1.807, 2.05) is 0 Å². The molecule has 0 spiro atoms. The van der Waals surface area contributed by atoms with E-state index >= 15 is 26.3 Å². The molecule has 10 nitrogen and oxygen atoms in total. The molecule has 1 amide bonds. The minimum absolute atomic E-state index is 0. The Morgan fingerprint density at radius 1 is 0.456 bits per heavy atom. The average molecular weight is 851 g/mol. The van der Waals surface area contributed by atoms with Crippen LogP contribution in [0.25, 0.3) is 89.7 Å². The third kappa shape index (κ3) is 5.20. The number of nitrogens with one attached hydrogen (secondary N) is 1. The number of anilines is 1. The van der Waals surface area contributed by atoms with Crippen molar-refractivity contribution in [1.29, 1.82) is 0 Å². The summed E-state index contributed by atoms with van der Waals surface area (Å²) in [4.78, 5) is 42.9. The third-order valence-corrected chi connectivity index (χ3v) is 8.66. The van der Waals surface area contributed by atoms with Crippen LogP contribution in [0.4, 0.5) is 58.4 Å². The molecule has 5 heterocycles. The van der Waals surface area contributed by atoms with Crippen LogP contribution >= 0.6 is 0 Å². The first-order valence-electron chi connectivity index (χ1n) is 15.3. The van der Waals surface area contributed by atoms with Gasteiger partial charge in [-0.1, -0.05) is 6.07 Å². The van der Waals surface area contributed by atoms with Crippen molar-refractivity contribution in [2.24, 2.45) is 0 Å². The first kappa shape index (κ1) is 37.4. The zero-order valence-corrected chi connectivity index (χ0v) is 30.4. The van der Waals surface area contributed by atoms with Crippen molar-refractivity contribution in [1.82, 2.24) is 39.9 Å². The molecule has 280 valence electrons. The minimum Gasteiger partial charge on any atom is -0.357 e. The Labute approximate surface area is 317 Å². The van der Waals surface area contributed by atoms with Crippen LogP contribution in [0.1, 0.15) is 6.92 Å². The summed E-state index contributed by atoms with van der Waals surface area (Å²) in [6.45, 7) is 1.14. The Bertz CT molecular complexity index is 3210. The van der Waals surface area contributed by atoms with Gasteiger partial charge in [0.05, 0.1) is 45.6 Å². The van der Waals surface area contributed by atoms with Crippen molar-refractivity contribution in [3.8, 4) is 45.6 Å². The molecular weight excluding hydrogens is 844 g/mol. The maximum Gasteiger partial charge on any atom is 2.00 e. The van der Waals surface area contributed by atoms with Crippen LogP contribution in [-0.2, 0) is 24.3 Å². The van der Waals surface area contributed by atoms with Crippen molar-refractivity contribution in [3.63, 3.8) is 0 Å². The molecule has 0 fully saturated rings. The molecule has 0 unspecified atom stereocenters. The first-order valence-corrected chi connectivity index (χ1v) is 15.3. The number of fused-ring (bicyclic) bond motifs is 20. The predicted octanol–water partition coefficient (Wildman–Crippen LogP) is 7.75. The first-order chi connectivity index (χ1) is 26.6. The molecule has 0 saturated heterocycles. The van der Waals surface area contributed by atoms with Gasteiger partial charge >= 0.3 is 19.5 Å². The molecule has 8 bridgehead atoms. The fourth-order valence-corrected chi connectivity index (χ4v) is 6.27. The second-order valence-electron chi connectivity index (χ2n) is 11.9. The summed E-state index contributed by atoms with van der Waals surface area (Å²) in [7, 11) is 0. The van der Waals surface area contributed by atoms with Crippen LogP contribution in [-0.4, -0.2) is 35.8 Å². The Balaban J connectivity index is 0.00000455. The van der Waals surface area contributed by atoms with E-state index in [1.54, 1.807) is 0 Å². The minimum atomic E-state index is -2.45. The number of halogens is 12. The van der Waals surface area contributed by atoms with Crippen LogP contribution in [0.5, 0.6) is 0 Å². The fourth-order valence-electron chi connectivity index (χ4n) is 6.27. The van der Waals surface area contributed by atoms with Crippen LogP contribution in [0.3, 0.4) is 0 Å². The Morgan fingerprint density at radius 2 is 0.789 bits per heavy atom. The van der Waals surface area contributed by atoms with E-state index in [1.165, 1.54) is 18.2 Å². The topological polar surface area (TPSA) is 135 Å². The van der Waals surface area contributed by atoms with Gasteiger partial charge in [0, 0.05) is 46.0 Å². The van der Waals surface area contributed by atoms with Crippen molar-refractivity contribution in [2.75, 3.05) is 5.32 Å². The number of rotatable bonds is 1. The second kappa shape index (κ2) is 12.8. The third-order valence-electron chi connectivity index (χ3n) is 8.66. The van der Waals surface area contributed by atoms with Gasteiger partial charge in [0.25, 0.3) is 0 Å². The number of nitrogens with zero attached hydrogens (tertiary/aromatic N) is 8. The molecule has 7 aromatic rings. The van der Waals surface area contributed by atoms with Gasteiger partial charge in [-0.05, 0) is 22.9 Å². The van der Waals surface area contributed by atoms with Crippen LogP contribution in [0.2, 0.25) is 0 Å². The average Bonchev–Trinajstić information content (AvgIpc) is 3.90. The zero-order valence-electron chi connectivity index (χ0n) is 27.5. The smallest absolute Gasteiger partial charge is 0.357 e. The number of hydrogen-bond acceptors (Lipinski definition) is 7. The maximum absolute atomic E-state index is 15.5. The molecule has 1 N–H and O–H groups in total. The molecule has 57 heavy (non-hydrogen) atoms. The summed E-state index contributed by atoms with van der Waals surface area (Å²) in [5.41, 5.74) is -8.49. The van der Waals surface area contributed by atoms with Crippen molar-refractivity contribution < 1.29 is 77.0 Å². The van der Waals surface area contributed by atoms with E-state index in [0.29, 0.717) is 0 Å². The Kier molecular flexibility index (Phi) is 8.38. The number of amides is 1. The van der Waals surface area contributed by atoms with E-state index < -0.39 is 155 Å². The van der Waals surface area contributed by atoms with Crippen molar-refractivity contribution >= 4 is 55.7 Å². The molecule has 0 atom stereocenters. The molecular formula is C34H7F12N9OZn. The fraction of sp³-hybridized carbons (Fsp3) is 0.0294. The van der Waals surface area contributed by atoms with Gasteiger partial charge < -0.3 is 35.2 Å². The molecule has 4 aromatic carbocycles. The summed E-state index contributed by atoms with van der Waals surface area (Å²) in [5.74, 6) is -32.2. The van der Waals surface area contributed by atoms with Gasteiger partial charge in [0.2, 0.25) is 5.91 Å². The molecule has 23 heteroatoms. The molecule has 2 aliphatic rings. The predicted molar refractivity (Wildman–Crippen MR) is 168 cm³/mol. The van der Waals surface area contributed by atoms with Crippen LogP contribution < -0.4 is 15.3 Å². The van der Waals surface area contributed by atoms with Crippen LogP contribution in [0.15, 0.2) is 18.2 Å². The van der Waals surface area contributed by atoms with Crippen LogP contribution in [0, 0.1) is 69.8 Å². The van der Waals surface area contributed by atoms with Gasteiger partial charge in [0.15, 0.2) is 69.8 Å². The number of hydrogen-bond donors (Lipinski definition) is 1. The number of carbonyl (C=O) groups is 1. The molecule has 3 aromatic heterocycles. The summed E-state index contributed by atoms with van der Waals surface area (Å²) < 4.78 is 181. The molecule has 9 rings (SSSR count). The van der Waals surface area contributed by atoms with E-state index in [0.717, 1.165) is 6.92 Å². The number of aromatic nitrogens is 8. The summed E-state index contributed by atoms with van der Waals surface area (Å²) in [6, 6.07) is 3.75. The normalized spacial score (nSPS) is 11.9. The Hall–Kier alpha value is -6.51. The number of benzene rings is 4. The maximum atomic E-state index is 15.5. The summed E-state index contributed by atoms with van der Waals surface area (Å²) in [5, 5.41) is -0.512. The van der Waals surface area contributed by atoms with Crippen molar-refractivity contribution in [3.05, 3.63) is 88.0 Å². The quantitative estimate of drug-likeness (QED) is 0.0762. The van der Waals surface area contributed by atoms with E-state index in [4.69, 9.17) is 0 Å². The van der Waals surface area contributed by atoms with E-state index in [9.17, 15) is 31.1 Å². The second-order valence-corrected chi connectivity index (χ2v) is 11.9. The molecule has 0 radical (unpaired) electrons. The summed E-state index contributed by atoms with van der Waals surface area (Å²) >= 11 is 0. The SMILES string of the molecule is CC(=O)Nc1ccc2c3nc4nc(nc5[n-]c(nc6nc(nc([n-]3)c2c1)-c1c(F)c(F)c(F)c(F)c1-6)c1c(F)c(F)c(F)c(F)c51)-c1c(F)c(F)c(F)c(F)c1-4.[Zn+2]. The van der Waals surface area contributed by atoms with Gasteiger partial charge in [-0.3, -0.25) is 4.79 Å². The van der Waals surface area contributed by atoms with Gasteiger partial charge in [0.1, 0.15) is 0 Å². The molecule has 0 aliphatic carbocycles. The van der Waals surface area contributed by atoms with Gasteiger partial charge in [-0.2, -0.15) is 0 Å².